The lowest BCUT2D eigenvalue weighted by Crippen LogP contribution is -2.38. The molecule has 0 radical (unpaired) electrons. The van der Waals surface area contributed by atoms with Gasteiger partial charge in [-0.15, -0.1) is 22.7 Å². The summed E-state index contributed by atoms with van der Waals surface area (Å²) in [6, 6.07) is 15.8. The van der Waals surface area contributed by atoms with Crippen LogP contribution in [0.3, 0.4) is 0 Å². The molecule has 32 heavy (non-hydrogen) atoms. The number of aromatic nitrogens is 2. The van der Waals surface area contributed by atoms with Gasteiger partial charge < -0.3 is 9.64 Å². The molecule has 8 heteroatoms. The number of thiophene rings is 2. The van der Waals surface area contributed by atoms with Crippen LogP contribution in [0.2, 0.25) is 0 Å². The predicted octanol–water partition coefficient (Wildman–Crippen LogP) is 4.46. The van der Waals surface area contributed by atoms with Gasteiger partial charge in [0.2, 0.25) is 0 Å². The normalized spacial score (nSPS) is 13.1. The topological polar surface area (TPSA) is 64.4 Å². The van der Waals surface area contributed by atoms with Crippen LogP contribution in [0.4, 0.5) is 0 Å². The molecule has 0 bridgehead atoms. The van der Waals surface area contributed by atoms with Crippen LogP contribution in [0, 0.1) is 0 Å². The molecule has 0 saturated heterocycles. The second-order valence-electron chi connectivity index (χ2n) is 7.56. The minimum Gasteiger partial charge on any atom is -0.452 e. The maximum absolute atomic E-state index is 12.9. The predicted molar refractivity (Wildman–Crippen MR) is 125 cm³/mol. The van der Waals surface area contributed by atoms with E-state index in [1.54, 1.807) is 27.1 Å². The first kappa shape index (κ1) is 20.7. The maximum atomic E-state index is 12.9. The third kappa shape index (κ3) is 4.37. The van der Waals surface area contributed by atoms with Crippen LogP contribution >= 0.6 is 22.7 Å². The number of fused-ring (bicyclic) bond motifs is 1. The average Bonchev–Trinajstić information content (AvgIpc) is 3.57. The summed E-state index contributed by atoms with van der Waals surface area (Å²) in [4.78, 5) is 29.6. The van der Waals surface area contributed by atoms with Crippen LogP contribution in [0.1, 0.15) is 26.4 Å². The fourth-order valence-corrected chi connectivity index (χ4v) is 5.39. The summed E-state index contributed by atoms with van der Waals surface area (Å²) in [6.45, 7) is 1.50. The third-order valence-corrected chi connectivity index (χ3v) is 7.31. The number of benzene rings is 1. The van der Waals surface area contributed by atoms with Crippen molar-refractivity contribution in [2.75, 3.05) is 13.2 Å². The number of hydrogen-bond donors (Lipinski definition) is 0. The van der Waals surface area contributed by atoms with Gasteiger partial charge in [0.1, 0.15) is 11.3 Å². The fourth-order valence-electron chi connectivity index (χ4n) is 3.78. The van der Waals surface area contributed by atoms with Gasteiger partial charge >= 0.3 is 5.97 Å². The van der Waals surface area contributed by atoms with Crippen molar-refractivity contribution in [3.05, 3.63) is 87.1 Å². The molecule has 3 aromatic heterocycles. The van der Waals surface area contributed by atoms with Crippen LogP contribution in [-0.2, 0) is 29.0 Å². The highest BCUT2D eigenvalue weighted by atomic mass is 32.1. The van der Waals surface area contributed by atoms with Gasteiger partial charge in [-0.1, -0.05) is 36.4 Å². The van der Waals surface area contributed by atoms with Crippen LogP contribution < -0.4 is 0 Å². The van der Waals surface area contributed by atoms with Gasteiger partial charge in [-0.05, 0) is 40.4 Å². The van der Waals surface area contributed by atoms with Crippen molar-refractivity contribution in [1.29, 1.82) is 0 Å². The lowest BCUT2D eigenvalue weighted by molar-refractivity contribution is -0.135. The molecule has 0 spiro atoms. The number of carbonyl (C=O) groups is 2. The van der Waals surface area contributed by atoms with Crippen molar-refractivity contribution in [3.63, 3.8) is 0 Å². The smallest absolute Gasteiger partial charge is 0.342 e. The first-order valence-electron chi connectivity index (χ1n) is 10.3. The number of esters is 1. The molecule has 4 aromatic rings. The average molecular weight is 464 g/mol. The van der Waals surface area contributed by atoms with E-state index in [0.717, 1.165) is 16.9 Å². The molecule has 0 saturated carbocycles. The van der Waals surface area contributed by atoms with Crippen LogP contribution in [-0.4, -0.2) is 39.7 Å². The Bertz CT molecular complexity index is 1230. The standard InChI is InChI=1S/C24H21N3O3S2/c28-22(26-10-8-20-18(14-26)9-12-32-20)16-30-24(29)19-15-27(13-17-5-2-1-3-6-17)25-23(19)21-7-4-11-31-21/h1-7,9,11-12,15H,8,10,13-14,16H2. The van der Waals surface area contributed by atoms with Gasteiger partial charge in [-0.3, -0.25) is 9.48 Å². The Kier molecular flexibility index (Phi) is 5.87. The third-order valence-electron chi connectivity index (χ3n) is 5.41. The molecule has 0 N–H and O–H groups in total. The molecule has 4 heterocycles. The first-order valence-corrected chi connectivity index (χ1v) is 12.1. The molecular weight excluding hydrogens is 442 g/mol. The Morgan fingerprint density at radius 1 is 1.03 bits per heavy atom. The minimum absolute atomic E-state index is 0.176. The monoisotopic (exact) mass is 463 g/mol. The molecule has 1 amide bonds. The van der Waals surface area contributed by atoms with E-state index in [9.17, 15) is 9.59 Å². The van der Waals surface area contributed by atoms with Crippen LogP contribution in [0.5, 0.6) is 0 Å². The van der Waals surface area contributed by atoms with Gasteiger partial charge in [-0.2, -0.15) is 5.10 Å². The van der Waals surface area contributed by atoms with Gasteiger partial charge in [-0.25, -0.2) is 4.79 Å². The molecule has 1 aromatic carbocycles. The van der Waals surface area contributed by atoms with Crippen molar-refractivity contribution < 1.29 is 14.3 Å². The van der Waals surface area contributed by atoms with Gasteiger partial charge in [0.05, 0.1) is 11.4 Å². The highest BCUT2D eigenvalue weighted by Crippen LogP contribution is 2.28. The van der Waals surface area contributed by atoms with E-state index in [-0.39, 0.29) is 12.5 Å². The quantitative estimate of drug-likeness (QED) is 0.396. The van der Waals surface area contributed by atoms with E-state index >= 15 is 0 Å². The number of hydrogen-bond acceptors (Lipinski definition) is 6. The highest BCUT2D eigenvalue weighted by Gasteiger charge is 2.25. The second kappa shape index (κ2) is 9.10. The number of nitrogens with zero attached hydrogens (tertiary/aromatic N) is 3. The van der Waals surface area contributed by atoms with Crippen LogP contribution in [0.15, 0.2) is 65.5 Å². The highest BCUT2D eigenvalue weighted by molar-refractivity contribution is 7.13. The zero-order valence-electron chi connectivity index (χ0n) is 17.3. The van der Waals surface area contributed by atoms with Crippen molar-refractivity contribution in [1.82, 2.24) is 14.7 Å². The fraction of sp³-hybridized carbons (Fsp3) is 0.208. The molecule has 0 aliphatic carbocycles. The summed E-state index contributed by atoms with van der Waals surface area (Å²) < 4.78 is 7.18. The molecule has 1 aliphatic heterocycles. The Labute approximate surface area is 193 Å². The number of amides is 1. The summed E-state index contributed by atoms with van der Waals surface area (Å²) in [5.74, 6) is -0.709. The zero-order chi connectivity index (χ0) is 21.9. The summed E-state index contributed by atoms with van der Waals surface area (Å²) in [5.41, 5.74) is 3.22. The molecule has 5 rings (SSSR count). The Balaban J connectivity index is 1.30. The largest absolute Gasteiger partial charge is 0.452 e. The van der Waals surface area contributed by atoms with Crippen molar-refractivity contribution in [2.24, 2.45) is 0 Å². The molecule has 162 valence electrons. The van der Waals surface area contributed by atoms with Gasteiger partial charge in [0.25, 0.3) is 5.91 Å². The van der Waals surface area contributed by atoms with E-state index < -0.39 is 5.97 Å². The number of rotatable bonds is 6. The lowest BCUT2D eigenvalue weighted by atomic mass is 10.1. The molecule has 0 atom stereocenters. The van der Waals surface area contributed by atoms with E-state index in [0.29, 0.717) is 30.9 Å². The van der Waals surface area contributed by atoms with E-state index in [1.165, 1.54) is 21.8 Å². The Morgan fingerprint density at radius 2 is 1.91 bits per heavy atom. The molecular formula is C24H21N3O3S2. The minimum atomic E-state index is -0.533. The van der Waals surface area contributed by atoms with E-state index in [2.05, 4.69) is 16.5 Å². The van der Waals surface area contributed by atoms with Crippen molar-refractivity contribution >= 4 is 34.6 Å². The van der Waals surface area contributed by atoms with E-state index in [1.807, 2.05) is 47.8 Å². The number of ether oxygens (including phenoxy) is 1. The maximum Gasteiger partial charge on any atom is 0.342 e. The summed E-state index contributed by atoms with van der Waals surface area (Å²) in [5, 5.41) is 8.63. The molecule has 0 fully saturated rings. The summed E-state index contributed by atoms with van der Waals surface area (Å²) in [6.07, 6.45) is 2.55. The lowest BCUT2D eigenvalue weighted by Gasteiger charge is -2.26. The Hall–Kier alpha value is -3.23. The van der Waals surface area contributed by atoms with Crippen LogP contribution in [0.25, 0.3) is 10.6 Å². The van der Waals surface area contributed by atoms with E-state index in [4.69, 9.17) is 4.74 Å². The number of carbonyl (C=O) groups excluding carboxylic acids is 2. The SMILES string of the molecule is O=C(OCC(=O)N1CCc2sccc2C1)c1cn(Cc2ccccc2)nc1-c1cccs1. The van der Waals surface area contributed by atoms with Crippen molar-refractivity contribution in [2.45, 2.75) is 19.5 Å². The Morgan fingerprint density at radius 3 is 2.72 bits per heavy atom. The zero-order valence-corrected chi connectivity index (χ0v) is 18.9. The second-order valence-corrected chi connectivity index (χ2v) is 9.51. The van der Waals surface area contributed by atoms with Crippen molar-refractivity contribution in [3.8, 4) is 10.6 Å². The first-order chi connectivity index (χ1) is 15.7. The molecule has 1 aliphatic rings. The molecule has 6 nitrogen and oxygen atoms in total. The van der Waals surface area contributed by atoms with Gasteiger partial charge in [0, 0.05) is 24.2 Å². The summed E-state index contributed by atoms with van der Waals surface area (Å²) in [7, 11) is 0. The molecule has 0 unspecified atom stereocenters. The summed E-state index contributed by atoms with van der Waals surface area (Å²) >= 11 is 3.24. The van der Waals surface area contributed by atoms with Gasteiger partial charge in [0.15, 0.2) is 6.61 Å².